The summed E-state index contributed by atoms with van der Waals surface area (Å²) < 4.78 is 11.4. The highest BCUT2D eigenvalue weighted by Gasteiger charge is 2.11. The van der Waals surface area contributed by atoms with E-state index in [1.807, 2.05) is 49.6 Å². The lowest BCUT2D eigenvalue weighted by Crippen LogP contribution is -2.23. The van der Waals surface area contributed by atoms with Crippen molar-refractivity contribution in [3.8, 4) is 17.4 Å². The lowest BCUT2D eigenvalue weighted by atomic mass is 10.2. The molecule has 0 radical (unpaired) electrons. The number of para-hydroxylation sites is 2. The molecule has 0 aliphatic rings. The minimum absolute atomic E-state index is 0.225. The minimum atomic E-state index is -0.225. The summed E-state index contributed by atoms with van der Waals surface area (Å²) in [6, 6.07) is 16.4. The van der Waals surface area contributed by atoms with E-state index < -0.39 is 0 Å². The lowest BCUT2D eigenvalue weighted by molar-refractivity contribution is 0.0951. The fourth-order valence-corrected chi connectivity index (χ4v) is 3.22. The Hall–Kier alpha value is -2.70. The second-order valence-electron chi connectivity index (χ2n) is 6.01. The Balaban J connectivity index is 1.62. The van der Waals surface area contributed by atoms with Crippen LogP contribution in [-0.4, -0.2) is 23.8 Å². The molecule has 0 spiro atoms. The average molecular weight is 429 g/mol. The van der Waals surface area contributed by atoms with E-state index in [9.17, 15) is 4.79 Å². The Bertz CT molecular complexity index is 980. The Kier molecular flexibility index (Phi) is 7.38. The molecule has 1 heterocycles. The number of halogens is 1. The van der Waals surface area contributed by atoms with Gasteiger partial charge in [-0.2, -0.15) is 0 Å². The van der Waals surface area contributed by atoms with E-state index in [1.165, 1.54) is 0 Å². The van der Waals surface area contributed by atoms with Crippen LogP contribution in [0.15, 0.2) is 65.7 Å². The third-order valence-corrected chi connectivity index (χ3v) is 5.09. The van der Waals surface area contributed by atoms with E-state index in [1.54, 1.807) is 36.2 Å². The van der Waals surface area contributed by atoms with E-state index >= 15 is 0 Å². The van der Waals surface area contributed by atoms with E-state index in [0.29, 0.717) is 41.1 Å². The molecule has 150 valence electrons. The maximum atomic E-state index is 12.5. The van der Waals surface area contributed by atoms with Crippen molar-refractivity contribution in [3.63, 3.8) is 0 Å². The van der Waals surface area contributed by atoms with Crippen LogP contribution in [0.2, 0.25) is 5.02 Å². The molecule has 0 unspecified atom stereocenters. The quantitative estimate of drug-likeness (QED) is 0.474. The van der Waals surface area contributed by atoms with Crippen LogP contribution >= 0.6 is 23.4 Å². The van der Waals surface area contributed by atoms with E-state index in [-0.39, 0.29) is 5.91 Å². The fraction of sp³-hybridized carbons (Fsp3) is 0.182. The predicted molar refractivity (Wildman–Crippen MR) is 116 cm³/mol. The van der Waals surface area contributed by atoms with Crippen molar-refractivity contribution >= 4 is 29.3 Å². The maximum absolute atomic E-state index is 12.5. The number of ether oxygens (including phenoxy) is 2. The summed E-state index contributed by atoms with van der Waals surface area (Å²) in [7, 11) is 0. The molecule has 29 heavy (non-hydrogen) atoms. The molecule has 0 aliphatic carbocycles. The number of aromatic nitrogens is 1. The number of amides is 1. The van der Waals surface area contributed by atoms with Gasteiger partial charge in [0.25, 0.3) is 5.91 Å². The van der Waals surface area contributed by atoms with Crippen molar-refractivity contribution in [3.05, 3.63) is 76.9 Å². The fourth-order valence-electron chi connectivity index (χ4n) is 2.58. The van der Waals surface area contributed by atoms with Crippen molar-refractivity contribution in [2.24, 2.45) is 0 Å². The van der Waals surface area contributed by atoms with Crippen LogP contribution < -0.4 is 14.8 Å². The summed E-state index contributed by atoms with van der Waals surface area (Å²) >= 11 is 7.71. The van der Waals surface area contributed by atoms with Crippen LogP contribution in [0.5, 0.6) is 17.4 Å². The van der Waals surface area contributed by atoms with Crippen molar-refractivity contribution < 1.29 is 14.3 Å². The topological polar surface area (TPSA) is 60.5 Å². The number of thioether (sulfide) groups is 1. The van der Waals surface area contributed by atoms with Crippen molar-refractivity contribution in [1.82, 2.24) is 10.3 Å². The van der Waals surface area contributed by atoms with Crippen LogP contribution in [0.4, 0.5) is 0 Å². The van der Waals surface area contributed by atoms with Gasteiger partial charge in [-0.05, 0) is 49.1 Å². The number of carbonyl (C=O) groups excluding carboxylic acids is 1. The van der Waals surface area contributed by atoms with Gasteiger partial charge in [0.15, 0.2) is 11.5 Å². The Morgan fingerprint density at radius 3 is 2.62 bits per heavy atom. The largest absolute Gasteiger partial charge is 0.490 e. The van der Waals surface area contributed by atoms with Gasteiger partial charge in [-0.1, -0.05) is 29.8 Å². The number of nitrogens with zero attached hydrogens (tertiary/aromatic N) is 1. The molecule has 0 saturated carbocycles. The van der Waals surface area contributed by atoms with Crippen molar-refractivity contribution in [2.75, 3.05) is 12.9 Å². The van der Waals surface area contributed by atoms with E-state index in [0.717, 1.165) is 10.5 Å². The second-order valence-corrected chi connectivity index (χ2v) is 7.30. The molecule has 3 rings (SSSR count). The van der Waals surface area contributed by atoms with E-state index in [4.69, 9.17) is 21.1 Å². The number of pyridine rings is 1. The smallest absolute Gasteiger partial charge is 0.253 e. The molecule has 0 aliphatic heterocycles. The number of carbonyl (C=O) groups is 1. The van der Waals surface area contributed by atoms with E-state index in [2.05, 4.69) is 10.3 Å². The number of rotatable bonds is 8. The summed E-state index contributed by atoms with van der Waals surface area (Å²) in [4.78, 5) is 17.7. The van der Waals surface area contributed by atoms with Gasteiger partial charge in [0.1, 0.15) is 0 Å². The highest BCUT2D eigenvalue weighted by molar-refractivity contribution is 7.98. The van der Waals surface area contributed by atoms with Gasteiger partial charge < -0.3 is 14.8 Å². The first-order chi connectivity index (χ1) is 14.1. The van der Waals surface area contributed by atoms with Crippen LogP contribution in [0.25, 0.3) is 0 Å². The Labute approximate surface area is 179 Å². The first-order valence-electron chi connectivity index (χ1n) is 9.07. The van der Waals surface area contributed by atoms with Gasteiger partial charge in [0.2, 0.25) is 5.88 Å². The zero-order valence-electron chi connectivity index (χ0n) is 16.1. The SMILES string of the molecule is CCOc1ccccc1Oc1ccc(CNC(=O)c2cc(SC)ccc2Cl)cn1. The van der Waals surface area contributed by atoms with Gasteiger partial charge in [-0.3, -0.25) is 4.79 Å². The van der Waals surface area contributed by atoms with Gasteiger partial charge >= 0.3 is 0 Å². The molecule has 2 aromatic carbocycles. The molecule has 0 saturated heterocycles. The first-order valence-corrected chi connectivity index (χ1v) is 10.7. The number of hydrogen-bond acceptors (Lipinski definition) is 5. The summed E-state index contributed by atoms with van der Waals surface area (Å²) in [6.07, 6.45) is 3.62. The number of hydrogen-bond donors (Lipinski definition) is 1. The average Bonchev–Trinajstić information content (AvgIpc) is 2.75. The number of nitrogens with one attached hydrogen (secondary N) is 1. The summed E-state index contributed by atoms with van der Waals surface area (Å²) in [5.41, 5.74) is 1.31. The molecule has 1 amide bonds. The molecular weight excluding hydrogens is 408 g/mol. The van der Waals surface area contributed by atoms with Gasteiger partial charge in [-0.15, -0.1) is 11.8 Å². The summed E-state index contributed by atoms with van der Waals surface area (Å²) in [6.45, 7) is 2.81. The van der Waals surface area contributed by atoms with Crippen LogP contribution in [0, 0.1) is 0 Å². The third kappa shape index (κ3) is 5.65. The standard InChI is InChI=1S/C22H21ClN2O3S/c1-3-27-19-6-4-5-7-20(19)28-21-11-8-15(13-24-21)14-25-22(26)17-12-16(29-2)9-10-18(17)23/h4-13H,3,14H2,1-2H3,(H,25,26). The zero-order chi connectivity index (χ0) is 20.6. The highest BCUT2D eigenvalue weighted by Crippen LogP contribution is 2.30. The predicted octanol–water partition coefficient (Wildman–Crippen LogP) is 5.58. The summed E-state index contributed by atoms with van der Waals surface area (Å²) in [5, 5.41) is 3.29. The molecule has 7 heteroatoms. The molecule has 1 N–H and O–H groups in total. The minimum Gasteiger partial charge on any atom is -0.490 e. The number of benzene rings is 2. The lowest BCUT2D eigenvalue weighted by Gasteiger charge is -2.11. The molecule has 3 aromatic rings. The highest BCUT2D eigenvalue weighted by atomic mass is 35.5. The van der Waals surface area contributed by atoms with Gasteiger partial charge in [0, 0.05) is 23.7 Å². The normalized spacial score (nSPS) is 10.4. The third-order valence-electron chi connectivity index (χ3n) is 4.03. The van der Waals surface area contributed by atoms with Crippen molar-refractivity contribution in [2.45, 2.75) is 18.4 Å². The Morgan fingerprint density at radius 1 is 1.14 bits per heavy atom. The zero-order valence-corrected chi connectivity index (χ0v) is 17.7. The van der Waals surface area contributed by atoms with Crippen LogP contribution in [0.3, 0.4) is 0 Å². The molecule has 0 atom stereocenters. The molecule has 0 fully saturated rings. The molecule has 5 nitrogen and oxygen atoms in total. The van der Waals surface area contributed by atoms with Crippen molar-refractivity contribution in [1.29, 1.82) is 0 Å². The van der Waals surface area contributed by atoms with Crippen LogP contribution in [0.1, 0.15) is 22.8 Å². The first kappa shape index (κ1) is 21.0. The van der Waals surface area contributed by atoms with Gasteiger partial charge in [-0.25, -0.2) is 4.98 Å². The molecule has 0 bridgehead atoms. The van der Waals surface area contributed by atoms with Gasteiger partial charge in [0.05, 0.1) is 17.2 Å². The monoisotopic (exact) mass is 428 g/mol. The molecular formula is C22H21ClN2O3S. The van der Waals surface area contributed by atoms with Crippen LogP contribution in [-0.2, 0) is 6.54 Å². The maximum Gasteiger partial charge on any atom is 0.253 e. The summed E-state index contributed by atoms with van der Waals surface area (Å²) in [5.74, 6) is 1.49. The second kappa shape index (κ2) is 10.2. The molecule has 1 aromatic heterocycles. The Morgan fingerprint density at radius 2 is 1.93 bits per heavy atom.